The number of hydrogen-bond acceptors (Lipinski definition) is 3. The first-order valence-electron chi connectivity index (χ1n) is 4.10. The standard InChI is InChI=1S/C9H9ClN2O2/c1-12-7-4-5(8(13)14)2-3-6(7)11-9(12)10/h2-4,9,11H,1H3,(H,13,14). The molecule has 0 amide bonds. The molecular weight excluding hydrogens is 204 g/mol. The van der Waals surface area contributed by atoms with E-state index in [-0.39, 0.29) is 11.2 Å². The fraction of sp³-hybridized carbons (Fsp3) is 0.222. The van der Waals surface area contributed by atoms with Gasteiger partial charge in [-0.2, -0.15) is 0 Å². The van der Waals surface area contributed by atoms with Crippen molar-refractivity contribution in [2.75, 3.05) is 17.3 Å². The van der Waals surface area contributed by atoms with E-state index in [0.29, 0.717) is 0 Å². The fourth-order valence-electron chi connectivity index (χ4n) is 1.43. The second kappa shape index (κ2) is 3.06. The van der Waals surface area contributed by atoms with E-state index >= 15 is 0 Å². The molecule has 0 radical (unpaired) electrons. The summed E-state index contributed by atoms with van der Waals surface area (Å²) >= 11 is 5.93. The van der Waals surface area contributed by atoms with Crippen molar-refractivity contribution >= 4 is 28.9 Å². The first-order chi connectivity index (χ1) is 6.59. The minimum absolute atomic E-state index is 0.267. The molecule has 0 spiro atoms. The molecule has 1 aliphatic heterocycles. The smallest absolute Gasteiger partial charge is 0.335 e. The zero-order valence-corrected chi connectivity index (χ0v) is 8.25. The zero-order valence-electron chi connectivity index (χ0n) is 7.49. The lowest BCUT2D eigenvalue weighted by Crippen LogP contribution is -2.25. The van der Waals surface area contributed by atoms with E-state index in [4.69, 9.17) is 16.7 Å². The largest absolute Gasteiger partial charge is 0.478 e. The maximum atomic E-state index is 10.7. The van der Waals surface area contributed by atoms with E-state index in [0.717, 1.165) is 11.4 Å². The van der Waals surface area contributed by atoms with Crippen molar-refractivity contribution in [1.82, 2.24) is 0 Å². The van der Waals surface area contributed by atoms with Crippen molar-refractivity contribution in [1.29, 1.82) is 0 Å². The summed E-state index contributed by atoms with van der Waals surface area (Å²) in [7, 11) is 1.81. The van der Waals surface area contributed by atoms with Crippen molar-refractivity contribution in [2.24, 2.45) is 0 Å². The molecule has 74 valence electrons. The molecular formula is C9H9ClN2O2. The predicted octanol–water partition coefficient (Wildman–Crippen LogP) is 1.77. The Bertz CT molecular complexity index is 394. The van der Waals surface area contributed by atoms with Gasteiger partial charge in [-0.3, -0.25) is 0 Å². The lowest BCUT2D eigenvalue weighted by atomic mass is 10.2. The van der Waals surface area contributed by atoms with E-state index in [1.165, 1.54) is 0 Å². The van der Waals surface area contributed by atoms with Gasteiger partial charge in [-0.1, -0.05) is 11.6 Å². The van der Waals surface area contributed by atoms with Crippen molar-refractivity contribution < 1.29 is 9.90 Å². The Balaban J connectivity index is 2.46. The third-order valence-electron chi connectivity index (χ3n) is 2.24. The van der Waals surface area contributed by atoms with E-state index in [1.54, 1.807) is 23.1 Å². The van der Waals surface area contributed by atoms with Crippen LogP contribution in [0, 0.1) is 0 Å². The first-order valence-corrected chi connectivity index (χ1v) is 4.54. The molecule has 1 aromatic carbocycles. The summed E-state index contributed by atoms with van der Waals surface area (Å²) in [5.74, 6) is -0.931. The van der Waals surface area contributed by atoms with Crippen LogP contribution in [0.3, 0.4) is 0 Å². The molecule has 0 bridgehead atoms. The number of anilines is 2. The van der Waals surface area contributed by atoms with Crippen LogP contribution in [0.4, 0.5) is 11.4 Å². The quantitative estimate of drug-likeness (QED) is 0.550. The van der Waals surface area contributed by atoms with Gasteiger partial charge in [-0.15, -0.1) is 0 Å². The number of halogens is 1. The maximum Gasteiger partial charge on any atom is 0.335 e. The summed E-state index contributed by atoms with van der Waals surface area (Å²) in [5, 5.41) is 11.8. The number of fused-ring (bicyclic) bond motifs is 1. The van der Waals surface area contributed by atoms with Crippen LogP contribution < -0.4 is 10.2 Å². The molecule has 1 heterocycles. The maximum absolute atomic E-state index is 10.7. The number of carboxylic acid groups (broad SMARTS) is 1. The van der Waals surface area contributed by atoms with Gasteiger partial charge in [0, 0.05) is 7.05 Å². The Hall–Kier alpha value is -1.42. The van der Waals surface area contributed by atoms with Gasteiger partial charge in [0.05, 0.1) is 16.9 Å². The van der Waals surface area contributed by atoms with Crippen LogP contribution in [0.25, 0.3) is 0 Å². The Morgan fingerprint density at radius 2 is 2.36 bits per heavy atom. The van der Waals surface area contributed by atoms with Crippen LogP contribution in [-0.4, -0.2) is 23.7 Å². The van der Waals surface area contributed by atoms with E-state index in [2.05, 4.69) is 5.32 Å². The van der Waals surface area contributed by atoms with E-state index in [1.807, 2.05) is 7.05 Å². The second-order valence-electron chi connectivity index (χ2n) is 3.13. The normalized spacial score (nSPS) is 19.0. The molecule has 14 heavy (non-hydrogen) atoms. The number of carbonyl (C=O) groups is 1. The summed E-state index contributed by atoms with van der Waals surface area (Å²) in [6, 6.07) is 4.88. The zero-order chi connectivity index (χ0) is 10.3. The Morgan fingerprint density at radius 1 is 1.64 bits per heavy atom. The highest BCUT2D eigenvalue weighted by atomic mass is 35.5. The average Bonchev–Trinajstić information content (AvgIpc) is 2.43. The molecule has 2 rings (SSSR count). The summed E-state index contributed by atoms with van der Waals surface area (Å²) < 4.78 is 0. The Morgan fingerprint density at radius 3 is 3.00 bits per heavy atom. The number of rotatable bonds is 1. The third kappa shape index (κ3) is 1.28. The number of carboxylic acids is 1. The van der Waals surface area contributed by atoms with Gasteiger partial charge in [0.2, 0.25) is 0 Å². The summed E-state index contributed by atoms with van der Waals surface area (Å²) in [6.45, 7) is 0. The van der Waals surface area contributed by atoms with Crippen LogP contribution in [0.15, 0.2) is 18.2 Å². The van der Waals surface area contributed by atoms with E-state index in [9.17, 15) is 4.79 Å². The molecule has 0 aromatic heterocycles. The van der Waals surface area contributed by atoms with Gasteiger partial charge in [0.1, 0.15) is 0 Å². The van der Waals surface area contributed by atoms with Gasteiger partial charge >= 0.3 is 5.97 Å². The number of alkyl halides is 1. The molecule has 0 saturated carbocycles. The van der Waals surface area contributed by atoms with Crippen LogP contribution in [0.2, 0.25) is 0 Å². The monoisotopic (exact) mass is 212 g/mol. The summed E-state index contributed by atoms with van der Waals surface area (Å²) in [6.07, 6.45) is 0. The fourth-order valence-corrected chi connectivity index (χ4v) is 1.65. The number of nitrogens with one attached hydrogen (secondary N) is 1. The highest BCUT2D eigenvalue weighted by Crippen LogP contribution is 2.35. The number of benzene rings is 1. The van der Waals surface area contributed by atoms with Crippen LogP contribution in [0.1, 0.15) is 10.4 Å². The lowest BCUT2D eigenvalue weighted by molar-refractivity contribution is 0.0697. The van der Waals surface area contributed by atoms with Crippen molar-refractivity contribution in [3.63, 3.8) is 0 Å². The van der Waals surface area contributed by atoms with Gasteiger partial charge in [-0.25, -0.2) is 4.79 Å². The average molecular weight is 213 g/mol. The molecule has 1 aliphatic rings. The molecule has 1 aromatic rings. The SMILES string of the molecule is CN1c2cc(C(=O)O)ccc2NC1Cl. The predicted molar refractivity (Wildman–Crippen MR) is 55.1 cm³/mol. The molecule has 2 N–H and O–H groups in total. The van der Waals surface area contributed by atoms with Crippen molar-refractivity contribution in [2.45, 2.75) is 5.62 Å². The van der Waals surface area contributed by atoms with Gasteiger partial charge in [0.25, 0.3) is 0 Å². The van der Waals surface area contributed by atoms with E-state index < -0.39 is 5.97 Å². The van der Waals surface area contributed by atoms with Gasteiger partial charge in [-0.05, 0) is 18.2 Å². The van der Waals surface area contributed by atoms with Crippen LogP contribution in [0.5, 0.6) is 0 Å². The second-order valence-corrected chi connectivity index (χ2v) is 3.54. The van der Waals surface area contributed by atoms with Crippen LogP contribution >= 0.6 is 11.6 Å². The summed E-state index contributed by atoms with van der Waals surface area (Å²) in [5.41, 5.74) is 1.62. The number of aromatic carboxylic acids is 1. The van der Waals surface area contributed by atoms with Crippen LogP contribution in [-0.2, 0) is 0 Å². The topological polar surface area (TPSA) is 52.6 Å². The number of nitrogens with zero attached hydrogens (tertiary/aromatic N) is 1. The molecule has 5 heteroatoms. The minimum atomic E-state index is -0.931. The minimum Gasteiger partial charge on any atom is -0.478 e. The summed E-state index contributed by atoms with van der Waals surface area (Å²) in [4.78, 5) is 12.5. The molecule has 0 saturated heterocycles. The molecule has 0 fully saturated rings. The Kier molecular flexibility index (Phi) is 2.00. The Labute approximate surface area is 86.1 Å². The number of hydrogen-bond donors (Lipinski definition) is 2. The molecule has 1 unspecified atom stereocenters. The van der Waals surface area contributed by atoms with Crippen molar-refractivity contribution in [3.05, 3.63) is 23.8 Å². The molecule has 1 atom stereocenters. The highest BCUT2D eigenvalue weighted by Gasteiger charge is 2.24. The van der Waals surface area contributed by atoms with Crippen molar-refractivity contribution in [3.8, 4) is 0 Å². The van der Waals surface area contributed by atoms with Gasteiger partial charge in [0.15, 0.2) is 5.62 Å². The van der Waals surface area contributed by atoms with Gasteiger partial charge < -0.3 is 15.3 Å². The molecule has 4 nitrogen and oxygen atoms in total. The molecule has 0 aliphatic carbocycles. The third-order valence-corrected chi connectivity index (χ3v) is 2.64. The lowest BCUT2D eigenvalue weighted by Gasteiger charge is -2.15. The first kappa shape index (κ1) is 9.15. The highest BCUT2D eigenvalue weighted by molar-refractivity contribution is 6.24.